The number of benzene rings is 3. The Morgan fingerprint density at radius 1 is 1.09 bits per heavy atom. The number of hydrazine groups is 1. The molecule has 10 heteroatoms. The summed E-state index contributed by atoms with van der Waals surface area (Å²) in [5.74, 6) is -0.707. The highest BCUT2D eigenvalue weighted by atomic mass is 35.5. The van der Waals surface area contributed by atoms with Crippen molar-refractivity contribution in [3.63, 3.8) is 0 Å². The molecule has 32 heavy (non-hydrogen) atoms. The minimum atomic E-state index is -1.30. The lowest BCUT2D eigenvalue weighted by Crippen LogP contribution is -2.35. The molecule has 0 fully saturated rings. The van der Waals surface area contributed by atoms with Crippen LogP contribution in [0.15, 0.2) is 89.2 Å². The minimum absolute atomic E-state index is 0.0257. The summed E-state index contributed by atoms with van der Waals surface area (Å²) in [6, 6.07) is 19.8. The average molecular weight is 451 g/mol. The zero-order valence-corrected chi connectivity index (χ0v) is 17.2. The fourth-order valence-corrected chi connectivity index (χ4v) is 3.39. The van der Waals surface area contributed by atoms with E-state index in [-0.39, 0.29) is 22.8 Å². The van der Waals surface area contributed by atoms with Crippen LogP contribution in [0.4, 0.5) is 22.7 Å². The molecule has 1 unspecified atom stereocenters. The van der Waals surface area contributed by atoms with E-state index < -0.39 is 16.9 Å². The van der Waals surface area contributed by atoms with Crippen LogP contribution in [0.25, 0.3) is 0 Å². The first-order valence-corrected chi connectivity index (χ1v) is 9.87. The predicted octanol–water partition coefficient (Wildman–Crippen LogP) is 3.63. The first-order chi connectivity index (χ1) is 15.4. The minimum Gasteiger partial charge on any atom is -0.857 e. The summed E-state index contributed by atoms with van der Waals surface area (Å²) in [4.78, 5) is 14.4. The van der Waals surface area contributed by atoms with E-state index in [4.69, 9.17) is 11.6 Å². The molecule has 0 aliphatic carbocycles. The lowest BCUT2D eigenvalue weighted by Gasteiger charge is -2.29. The molecule has 3 aromatic carbocycles. The molecular formula is C22H17ClN5O4-. The molecule has 0 amide bonds. The van der Waals surface area contributed by atoms with E-state index in [0.717, 1.165) is 0 Å². The lowest BCUT2D eigenvalue weighted by atomic mass is 10.0. The number of anilines is 2. The number of aliphatic imine (C=N–C) groups is 1. The zero-order chi connectivity index (χ0) is 22.7. The number of para-hydroxylation sites is 1. The molecular weight excluding hydrogens is 434 g/mol. The molecule has 4 N–H and O–H groups in total. The van der Waals surface area contributed by atoms with Crippen LogP contribution < -0.4 is 21.3 Å². The van der Waals surface area contributed by atoms with Gasteiger partial charge in [0.1, 0.15) is 6.10 Å². The van der Waals surface area contributed by atoms with Crippen LogP contribution in [-0.4, -0.2) is 15.9 Å². The monoisotopic (exact) mass is 450 g/mol. The van der Waals surface area contributed by atoms with Gasteiger partial charge in [-0.25, -0.2) is 0 Å². The summed E-state index contributed by atoms with van der Waals surface area (Å²) in [7, 11) is 0. The summed E-state index contributed by atoms with van der Waals surface area (Å²) in [5, 5.41) is 38.2. The van der Waals surface area contributed by atoms with Gasteiger partial charge in [0, 0.05) is 28.6 Å². The molecule has 0 saturated carbocycles. The number of fused-ring (bicyclic) bond motifs is 1. The topological polar surface area (TPSA) is 135 Å². The number of nitro groups is 1. The van der Waals surface area contributed by atoms with Crippen LogP contribution in [0.2, 0.25) is 5.02 Å². The van der Waals surface area contributed by atoms with Crippen molar-refractivity contribution in [1.82, 2.24) is 5.43 Å². The Kier molecular flexibility index (Phi) is 5.93. The van der Waals surface area contributed by atoms with E-state index in [1.807, 2.05) is 18.2 Å². The van der Waals surface area contributed by atoms with Crippen LogP contribution >= 0.6 is 11.6 Å². The smallest absolute Gasteiger partial charge is 0.271 e. The Balaban J connectivity index is 1.76. The van der Waals surface area contributed by atoms with E-state index in [2.05, 4.69) is 21.2 Å². The second-order valence-corrected chi connectivity index (χ2v) is 7.24. The second-order valence-electron chi connectivity index (χ2n) is 6.83. The number of rotatable bonds is 6. The number of nitro benzene ring substituents is 1. The summed E-state index contributed by atoms with van der Waals surface area (Å²) in [5.41, 5.74) is 7.30. The maximum Gasteiger partial charge on any atom is 0.271 e. The number of hydrogen-bond acceptors (Lipinski definition) is 8. The third-order valence-corrected chi connectivity index (χ3v) is 5.09. The number of nitrogens with zero attached hydrogens (tertiary/aromatic N) is 2. The largest absolute Gasteiger partial charge is 0.857 e. The van der Waals surface area contributed by atoms with Crippen molar-refractivity contribution in [2.24, 2.45) is 4.99 Å². The van der Waals surface area contributed by atoms with Crippen molar-refractivity contribution >= 4 is 40.2 Å². The molecule has 0 radical (unpaired) electrons. The summed E-state index contributed by atoms with van der Waals surface area (Å²) >= 11 is 6.26. The van der Waals surface area contributed by atoms with Gasteiger partial charge in [-0.15, -0.1) is 0 Å². The van der Waals surface area contributed by atoms with Gasteiger partial charge in [-0.1, -0.05) is 48.0 Å². The fourth-order valence-electron chi connectivity index (χ4n) is 3.15. The van der Waals surface area contributed by atoms with Gasteiger partial charge in [-0.05, 0) is 24.3 Å². The number of halogens is 1. The number of hydrogen-bond donors (Lipinski definition) is 4. The third-order valence-electron chi connectivity index (χ3n) is 4.75. The Labute approximate surface area is 187 Å². The molecule has 0 saturated heterocycles. The van der Waals surface area contributed by atoms with Crippen molar-refractivity contribution in [2.75, 3.05) is 10.7 Å². The molecule has 0 spiro atoms. The summed E-state index contributed by atoms with van der Waals surface area (Å²) < 4.78 is 0. The summed E-state index contributed by atoms with van der Waals surface area (Å²) in [6.07, 6.45) is -1.30. The molecule has 4 rings (SSSR count). The molecule has 3 aromatic rings. The Hall–Kier alpha value is -4.08. The number of aliphatic hydroxyl groups is 1. The van der Waals surface area contributed by atoms with Crippen LogP contribution in [0, 0.1) is 10.1 Å². The predicted molar refractivity (Wildman–Crippen MR) is 120 cm³/mol. The Morgan fingerprint density at radius 3 is 2.53 bits per heavy atom. The van der Waals surface area contributed by atoms with Gasteiger partial charge >= 0.3 is 0 Å². The van der Waals surface area contributed by atoms with Crippen LogP contribution in [0.1, 0.15) is 11.7 Å². The van der Waals surface area contributed by atoms with Crippen LogP contribution in [0.3, 0.4) is 0 Å². The van der Waals surface area contributed by atoms with Crippen molar-refractivity contribution in [3.05, 3.63) is 105 Å². The average Bonchev–Trinajstić information content (AvgIpc) is 2.79. The van der Waals surface area contributed by atoms with E-state index >= 15 is 0 Å². The molecule has 1 atom stereocenters. The quantitative estimate of drug-likeness (QED) is 0.332. The Morgan fingerprint density at radius 2 is 1.81 bits per heavy atom. The fraction of sp³-hybridized carbons (Fsp3) is 0.0455. The number of nitrogens with one attached hydrogen (secondary N) is 3. The highest BCUT2D eigenvalue weighted by Gasteiger charge is 2.24. The lowest BCUT2D eigenvalue weighted by molar-refractivity contribution is -0.384. The highest BCUT2D eigenvalue weighted by Crippen LogP contribution is 2.36. The molecule has 0 aromatic heterocycles. The molecule has 0 bridgehead atoms. The normalized spacial score (nSPS) is 15.0. The zero-order valence-electron chi connectivity index (χ0n) is 16.4. The van der Waals surface area contributed by atoms with Gasteiger partial charge < -0.3 is 21.0 Å². The molecule has 1 heterocycles. The maximum absolute atomic E-state index is 12.8. The number of non-ortho nitro benzene ring substituents is 1. The van der Waals surface area contributed by atoms with Crippen molar-refractivity contribution in [1.29, 1.82) is 0 Å². The maximum atomic E-state index is 12.8. The molecule has 1 aliphatic rings. The van der Waals surface area contributed by atoms with E-state index in [1.54, 1.807) is 36.4 Å². The van der Waals surface area contributed by atoms with Gasteiger partial charge in [0.2, 0.25) is 0 Å². The highest BCUT2D eigenvalue weighted by molar-refractivity contribution is 6.31. The van der Waals surface area contributed by atoms with E-state index in [9.17, 15) is 20.3 Å². The first-order valence-electron chi connectivity index (χ1n) is 9.49. The van der Waals surface area contributed by atoms with Crippen molar-refractivity contribution < 1.29 is 15.1 Å². The summed E-state index contributed by atoms with van der Waals surface area (Å²) in [6.45, 7) is 0. The van der Waals surface area contributed by atoms with Gasteiger partial charge in [0.15, 0.2) is 0 Å². The van der Waals surface area contributed by atoms with Crippen LogP contribution in [0.5, 0.6) is 0 Å². The van der Waals surface area contributed by atoms with Crippen molar-refractivity contribution in [2.45, 2.75) is 6.10 Å². The SMILES string of the molecule is O=[N+]([O-])c1ccc2c(c1)N=C([O-])C(=C(NNc1ccccc1)C(O)c1ccccc1Cl)N2. The van der Waals surface area contributed by atoms with E-state index in [0.29, 0.717) is 22.0 Å². The van der Waals surface area contributed by atoms with E-state index in [1.165, 1.54) is 18.2 Å². The van der Waals surface area contributed by atoms with Gasteiger partial charge in [-0.2, -0.15) is 0 Å². The van der Waals surface area contributed by atoms with Crippen molar-refractivity contribution in [3.8, 4) is 0 Å². The van der Waals surface area contributed by atoms with Gasteiger partial charge in [0.05, 0.1) is 33.4 Å². The standard InChI is InChI=1S/C22H18ClN5O4/c23-16-9-5-4-8-15(16)21(29)19(27-26-13-6-2-1-3-7-13)20-22(30)25-18-12-14(28(31)32)10-11-17(18)24-20/h1-12,21,24,26-27,29H,(H,25,30)/p-1. The second kappa shape index (κ2) is 8.96. The molecule has 1 aliphatic heterocycles. The molecule has 162 valence electrons. The van der Waals surface area contributed by atoms with Gasteiger partial charge in [-0.3, -0.25) is 20.5 Å². The van der Waals surface area contributed by atoms with Crippen LogP contribution in [-0.2, 0) is 0 Å². The molecule has 9 nitrogen and oxygen atoms in total. The number of aliphatic hydroxyl groups excluding tert-OH is 1. The van der Waals surface area contributed by atoms with Gasteiger partial charge in [0.25, 0.3) is 5.69 Å². The Bertz CT molecular complexity index is 1230. The third kappa shape index (κ3) is 4.34. The first kappa shape index (κ1) is 21.2.